The van der Waals surface area contributed by atoms with E-state index in [2.05, 4.69) is 45.9 Å². The van der Waals surface area contributed by atoms with Gasteiger partial charge in [0.05, 0.1) is 18.3 Å². The summed E-state index contributed by atoms with van der Waals surface area (Å²) in [5.41, 5.74) is 3.20. The summed E-state index contributed by atoms with van der Waals surface area (Å²) >= 11 is 0. The van der Waals surface area contributed by atoms with Crippen LogP contribution in [0.5, 0.6) is 0 Å². The van der Waals surface area contributed by atoms with Gasteiger partial charge in [0, 0.05) is 14.2 Å². The van der Waals surface area contributed by atoms with E-state index in [0.717, 1.165) is 44.1 Å². The third kappa shape index (κ3) is 13.8. The summed E-state index contributed by atoms with van der Waals surface area (Å²) < 4.78 is 22.5. The van der Waals surface area contributed by atoms with Crippen LogP contribution in [0.2, 0.25) is 0 Å². The summed E-state index contributed by atoms with van der Waals surface area (Å²) in [6, 6.07) is 0. The molecule has 29 heavy (non-hydrogen) atoms. The highest BCUT2D eigenvalue weighted by Gasteiger charge is 2.35. The predicted octanol–water partition coefficient (Wildman–Crippen LogP) is 5.55. The molecule has 2 atom stereocenters. The standard InChI is InChI=1S/C24H44O5/c1-20(2)11-10-16-24(5,29-19-27-7)23(28-18-26-6)15-14-21(3)12-8-9-13-22(4)17-25/h11-13,23,25H,8-10,14-19H2,1-7H3/b21-12+,22-13+/t23-,24+/m0/s1. The van der Waals surface area contributed by atoms with Crippen molar-refractivity contribution in [1.82, 2.24) is 0 Å². The minimum absolute atomic E-state index is 0.0944. The summed E-state index contributed by atoms with van der Waals surface area (Å²) in [7, 11) is 3.28. The van der Waals surface area contributed by atoms with Gasteiger partial charge in [0.1, 0.15) is 13.6 Å². The van der Waals surface area contributed by atoms with E-state index >= 15 is 0 Å². The van der Waals surface area contributed by atoms with Crippen LogP contribution in [0.15, 0.2) is 34.9 Å². The maximum absolute atomic E-state index is 9.06. The monoisotopic (exact) mass is 412 g/mol. The lowest BCUT2D eigenvalue weighted by Crippen LogP contribution is -2.44. The van der Waals surface area contributed by atoms with E-state index in [-0.39, 0.29) is 26.3 Å². The molecule has 0 saturated carbocycles. The highest BCUT2D eigenvalue weighted by atomic mass is 16.7. The quantitative estimate of drug-likeness (QED) is 0.193. The summed E-state index contributed by atoms with van der Waals surface area (Å²) in [6.45, 7) is 11.0. The van der Waals surface area contributed by atoms with E-state index in [0.29, 0.717) is 0 Å². The molecule has 0 radical (unpaired) electrons. The molecule has 0 aliphatic rings. The molecule has 170 valence electrons. The van der Waals surface area contributed by atoms with Crippen molar-refractivity contribution in [3.8, 4) is 0 Å². The molecule has 0 bridgehead atoms. The molecule has 0 aromatic rings. The topological polar surface area (TPSA) is 57.2 Å². The largest absolute Gasteiger partial charge is 0.392 e. The van der Waals surface area contributed by atoms with Crippen LogP contribution in [-0.2, 0) is 18.9 Å². The molecular weight excluding hydrogens is 368 g/mol. The molecule has 0 rings (SSSR count). The molecule has 0 aromatic heterocycles. The Labute approximate surface area is 178 Å². The normalized spacial score (nSPS) is 15.9. The average Bonchev–Trinajstić information content (AvgIpc) is 2.69. The number of aliphatic hydroxyl groups is 1. The van der Waals surface area contributed by atoms with E-state index in [1.165, 1.54) is 11.1 Å². The second kappa shape index (κ2) is 16.8. The Morgan fingerprint density at radius 2 is 1.52 bits per heavy atom. The molecule has 0 aliphatic heterocycles. The molecule has 5 nitrogen and oxygen atoms in total. The van der Waals surface area contributed by atoms with E-state index in [1.54, 1.807) is 14.2 Å². The van der Waals surface area contributed by atoms with Gasteiger partial charge in [-0.05, 0) is 73.1 Å². The third-order valence-electron chi connectivity index (χ3n) is 4.97. The van der Waals surface area contributed by atoms with Crippen molar-refractivity contribution in [3.63, 3.8) is 0 Å². The summed E-state index contributed by atoms with van der Waals surface area (Å²) in [5.74, 6) is 0. The molecule has 0 spiro atoms. The Bertz CT molecular complexity index is 505. The first-order chi connectivity index (χ1) is 13.8. The fraction of sp³-hybridized carbons (Fsp3) is 0.750. The highest BCUT2D eigenvalue weighted by Crippen LogP contribution is 2.29. The first-order valence-electron chi connectivity index (χ1n) is 10.6. The second-order valence-corrected chi connectivity index (χ2v) is 8.12. The number of aliphatic hydroxyl groups excluding tert-OH is 1. The number of allylic oxidation sites excluding steroid dienone is 5. The zero-order chi connectivity index (χ0) is 22.1. The van der Waals surface area contributed by atoms with E-state index < -0.39 is 5.60 Å². The van der Waals surface area contributed by atoms with Gasteiger partial charge in [-0.15, -0.1) is 0 Å². The van der Waals surface area contributed by atoms with Crippen molar-refractivity contribution in [3.05, 3.63) is 34.9 Å². The van der Waals surface area contributed by atoms with Crippen LogP contribution in [0.4, 0.5) is 0 Å². The van der Waals surface area contributed by atoms with Crippen molar-refractivity contribution < 1.29 is 24.1 Å². The predicted molar refractivity (Wildman–Crippen MR) is 120 cm³/mol. The van der Waals surface area contributed by atoms with Crippen LogP contribution in [0.25, 0.3) is 0 Å². The Morgan fingerprint density at radius 3 is 2.07 bits per heavy atom. The fourth-order valence-electron chi connectivity index (χ4n) is 3.07. The molecule has 0 saturated heterocycles. The number of methoxy groups -OCH3 is 2. The van der Waals surface area contributed by atoms with Crippen LogP contribution in [0.1, 0.15) is 73.1 Å². The van der Waals surface area contributed by atoms with Gasteiger partial charge in [0.15, 0.2) is 0 Å². The number of ether oxygens (including phenoxy) is 4. The molecule has 0 aliphatic carbocycles. The summed E-state index contributed by atoms with van der Waals surface area (Å²) in [4.78, 5) is 0. The average molecular weight is 413 g/mol. The second-order valence-electron chi connectivity index (χ2n) is 8.12. The van der Waals surface area contributed by atoms with Crippen molar-refractivity contribution in [1.29, 1.82) is 0 Å². The van der Waals surface area contributed by atoms with Crippen LogP contribution in [-0.4, -0.2) is 51.2 Å². The van der Waals surface area contributed by atoms with Gasteiger partial charge in [-0.3, -0.25) is 0 Å². The lowest BCUT2D eigenvalue weighted by atomic mass is 9.88. The molecule has 0 fully saturated rings. The smallest absolute Gasteiger partial charge is 0.147 e. The number of unbranched alkanes of at least 4 members (excludes halogenated alkanes) is 1. The minimum Gasteiger partial charge on any atom is -0.392 e. The Hall–Kier alpha value is -0.980. The molecule has 0 amide bonds. The molecule has 0 unspecified atom stereocenters. The number of hydrogen-bond donors (Lipinski definition) is 1. The molecule has 1 N–H and O–H groups in total. The first kappa shape index (κ1) is 28.0. The van der Waals surface area contributed by atoms with Gasteiger partial charge in [-0.25, -0.2) is 0 Å². The van der Waals surface area contributed by atoms with Gasteiger partial charge in [0.25, 0.3) is 0 Å². The van der Waals surface area contributed by atoms with E-state index in [9.17, 15) is 0 Å². The maximum Gasteiger partial charge on any atom is 0.147 e. The number of hydrogen-bond acceptors (Lipinski definition) is 5. The molecule has 0 heterocycles. The molecular formula is C24H44O5. The fourth-order valence-corrected chi connectivity index (χ4v) is 3.07. The van der Waals surface area contributed by atoms with Crippen LogP contribution < -0.4 is 0 Å². The highest BCUT2D eigenvalue weighted by molar-refractivity contribution is 5.03. The molecule has 0 aromatic carbocycles. The zero-order valence-electron chi connectivity index (χ0n) is 19.8. The van der Waals surface area contributed by atoms with E-state index in [1.807, 2.05) is 6.92 Å². The summed E-state index contributed by atoms with van der Waals surface area (Å²) in [6.07, 6.45) is 12.0. The summed E-state index contributed by atoms with van der Waals surface area (Å²) in [5, 5.41) is 9.06. The minimum atomic E-state index is -0.457. The Morgan fingerprint density at radius 1 is 0.897 bits per heavy atom. The zero-order valence-corrected chi connectivity index (χ0v) is 19.8. The first-order valence-corrected chi connectivity index (χ1v) is 10.6. The van der Waals surface area contributed by atoms with Gasteiger partial charge in [0.2, 0.25) is 0 Å². The van der Waals surface area contributed by atoms with Gasteiger partial charge in [-0.1, -0.05) is 34.9 Å². The third-order valence-corrected chi connectivity index (χ3v) is 4.97. The lowest BCUT2D eigenvalue weighted by Gasteiger charge is -2.37. The molecule has 5 heteroatoms. The maximum atomic E-state index is 9.06. The Kier molecular flexibility index (Phi) is 16.2. The lowest BCUT2D eigenvalue weighted by molar-refractivity contribution is -0.206. The van der Waals surface area contributed by atoms with Crippen molar-refractivity contribution in [2.24, 2.45) is 0 Å². The van der Waals surface area contributed by atoms with E-state index in [4.69, 9.17) is 24.1 Å². The van der Waals surface area contributed by atoms with Crippen LogP contribution in [0, 0.1) is 0 Å². The van der Waals surface area contributed by atoms with Crippen LogP contribution >= 0.6 is 0 Å². The van der Waals surface area contributed by atoms with Crippen LogP contribution in [0.3, 0.4) is 0 Å². The Balaban J connectivity index is 5.02. The van der Waals surface area contributed by atoms with Crippen molar-refractivity contribution in [2.45, 2.75) is 84.8 Å². The van der Waals surface area contributed by atoms with Crippen molar-refractivity contribution >= 4 is 0 Å². The van der Waals surface area contributed by atoms with Gasteiger partial charge < -0.3 is 24.1 Å². The van der Waals surface area contributed by atoms with Gasteiger partial charge >= 0.3 is 0 Å². The van der Waals surface area contributed by atoms with Crippen molar-refractivity contribution in [2.75, 3.05) is 34.4 Å². The van der Waals surface area contributed by atoms with Gasteiger partial charge in [-0.2, -0.15) is 0 Å². The number of rotatable bonds is 17. The SMILES string of the molecule is COCO[C@@H](CC/C(C)=C/CC/C=C(\C)CO)[C@@](C)(CCC=C(C)C)OCOC.